The number of nitrogens with one attached hydrogen (secondary N) is 2. The molecular weight excluding hydrogens is 396 g/mol. The van der Waals surface area contributed by atoms with Crippen molar-refractivity contribution in [2.24, 2.45) is 10.2 Å². The highest BCUT2D eigenvalue weighted by Crippen LogP contribution is 2.33. The quantitative estimate of drug-likeness (QED) is 0.227. The maximum Gasteiger partial charge on any atom is 0.353 e. The molecule has 10 nitrogen and oxygen atoms in total. The SMILES string of the molecule is O=[N+]([O-])c1c(Nc2ccc(N=Nc3ccccc3)cc2)ncnc1Nc1cccnc1. The smallest absolute Gasteiger partial charge is 0.334 e. The van der Waals surface area contributed by atoms with Gasteiger partial charge in [-0.25, -0.2) is 9.97 Å². The molecule has 152 valence electrons. The van der Waals surface area contributed by atoms with E-state index in [4.69, 9.17) is 0 Å². The first-order chi connectivity index (χ1) is 15.2. The number of benzene rings is 2. The summed E-state index contributed by atoms with van der Waals surface area (Å²) < 4.78 is 0. The summed E-state index contributed by atoms with van der Waals surface area (Å²) in [6.07, 6.45) is 4.40. The van der Waals surface area contributed by atoms with Crippen LogP contribution >= 0.6 is 0 Å². The van der Waals surface area contributed by atoms with Crippen molar-refractivity contribution in [3.05, 3.63) is 95.6 Å². The molecule has 4 rings (SSSR count). The molecule has 0 aliphatic heterocycles. The second-order valence-electron chi connectivity index (χ2n) is 6.25. The predicted molar refractivity (Wildman–Crippen MR) is 117 cm³/mol. The minimum absolute atomic E-state index is 0.0591. The zero-order valence-electron chi connectivity index (χ0n) is 16.1. The number of nitrogens with zero attached hydrogens (tertiary/aromatic N) is 6. The van der Waals surface area contributed by atoms with E-state index < -0.39 is 4.92 Å². The molecule has 0 spiro atoms. The predicted octanol–water partition coefficient (Wildman–Crippen LogP) is 5.68. The third kappa shape index (κ3) is 5.01. The summed E-state index contributed by atoms with van der Waals surface area (Å²) in [7, 11) is 0. The molecule has 0 bridgehead atoms. The van der Waals surface area contributed by atoms with Gasteiger partial charge in [-0.05, 0) is 48.5 Å². The Labute approximate surface area is 176 Å². The summed E-state index contributed by atoms with van der Waals surface area (Å²) >= 11 is 0. The number of rotatable bonds is 7. The van der Waals surface area contributed by atoms with Gasteiger partial charge in [-0.15, -0.1) is 0 Å². The highest BCUT2D eigenvalue weighted by molar-refractivity contribution is 5.76. The second kappa shape index (κ2) is 9.18. The van der Waals surface area contributed by atoms with E-state index in [1.807, 2.05) is 30.3 Å². The number of anilines is 4. The Morgan fingerprint density at radius 1 is 0.774 bits per heavy atom. The van der Waals surface area contributed by atoms with Crippen LogP contribution in [0.2, 0.25) is 0 Å². The first-order valence-corrected chi connectivity index (χ1v) is 9.19. The molecular formula is C21H16N8O2. The molecule has 4 aromatic rings. The van der Waals surface area contributed by atoms with Gasteiger partial charge in [-0.3, -0.25) is 15.1 Å². The molecule has 0 aliphatic rings. The molecule has 0 fully saturated rings. The standard InChI is InChI=1S/C21H16N8O2/c30-29(31)19-20(23-14-24-21(19)26-18-7-4-12-22-13-18)25-15-8-10-17(11-9-15)28-27-16-5-2-1-3-6-16/h1-14H,(H2,23,24,25,26). The Kier molecular flexibility index (Phi) is 5.80. The number of hydrogen-bond acceptors (Lipinski definition) is 9. The Balaban J connectivity index is 1.54. The van der Waals surface area contributed by atoms with E-state index in [2.05, 4.69) is 35.8 Å². The zero-order valence-corrected chi connectivity index (χ0v) is 16.1. The summed E-state index contributed by atoms with van der Waals surface area (Å²) in [4.78, 5) is 23.2. The molecule has 0 amide bonds. The van der Waals surface area contributed by atoms with Gasteiger partial charge in [-0.2, -0.15) is 10.2 Å². The van der Waals surface area contributed by atoms with E-state index >= 15 is 0 Å². The average Bonchev–Trinajstić information content (AvgIpc) is 2.80. The lowest BCUT2D eigenvalue weighted by molar-refractivity contribution is -0.383. The topological polar surface area (TPSA) is 131 Å². The molecule has 2 aromatic heterocycles. The van der Waals surface area contributed by atoms with Crippen molar-refractivity contribution in [2.75, 3.05) is 10.6 Å². The lowest BCUT2D eigenvalue weighted by Gasteiger charge is -2.10. The monoisotopic (exact) mass is 412 g/mol. The van der Waals surface area contributed by atoms with Gasteiger partial charge in [0.2, 0.25) is 11.6 Å². The van der Waals surface area contributed by atoms with Gasteiger partial charge in [0, 0.05) is 11.9 Å². The van der Waals surface area contributed by atoms with Crippen molar-refractivity contribution < 1.29 is 4.92 Å². The van der Waals surface area contributed by atoms with Gasteiger partial charge in [0.05, 0.1) is 28.2 Å². The van der Waals surface area contributed by atoms with Crippen LogP contribution in [-0.4, -0.2) is 19.9 Å². The fraction of sp³-hybridized carbons (Fsp3) is 0. The van der Waals surface area contributed by atoms with E-state index in [0.717, 1.165) is 5.69 Å². The number of aromatic nitrogens is 3. The Morgan fingerprint density at radius 2 is 1.42 bits per heavy atom. The largest absolute Gasteiger partial charge is 0.353 e. The molecule has 10 heteroatoms. The first kappa shape index (κ1) is 19.6. The molecule has 0 unspecified atom stereocenters. The van der Waals surface area contributed by atoms with E-state index in [1.165, 1.54) is 6.33 Å². The Morgan fingerprint density at radius 3 is 2.03 bits per heavy atom. The van der Waals surface area contributed by atoms with Crippen LogP contribution in [0.5, 0.6) is 0 Å². The van der Waals surface area contributed by atoms with E-state index in [-0.39, 0.29) is 17.3 Å². The van der Waals surface area contributed by atoms with E-state index in [0.29, 0.717) is 17.1 Å². The van der Waals surface area contributed by atoms with Gasteiger partial charge >= 0.3 is 5.69 Å². The maximum absolute atomic E-state index is 11.7. The minimum Gasteiger partial charge on any atom is -0.334 e. The highest BCUT2D eigenvalue weighted by atomic mass is 16.6. The van der Waals surface area contributed by atoms with Crippen LogP contribution in [0.1, 0.15) is 0 Å². The van der Waals surface area contributed by atoms with Crippen molar-refractivity contribution in [1.29, 1.82) is 0 Å². The molecule has 0 atom stereocenters. The summed E-state index contributed by atoms with van der Waals surface area (Å²) in [5, 5.41) is 25.9. The fourth-order valence-corrected chi connectivity index (χ4v) is 2.67. The fourth-order valence-electron chi connectivity index (χ4n) is 2.67. The van der Waals surface area contributed by atoms with Crippen molar-refractivity contribution in [2.45, 2.75) is 0 Å². The number of pyridine rings is 1. The Bertz CT molecular complexity index is 1200. The van der Waals surface area contributed by atoms with Crippen LogP contribution in [0.4, 0.5) is 40.1 Å². The van der Waals surface area contributed by atoms with Crippen LogP contribution in [0, 0.1) is 10.1 Å². The van der Waals surface area contributed by atoms with Gasteiger partial charge in [0.1, 0.15) is 6.33 Å². The van der Waals surface area contributed by atoms with Crippen LogP contribution in [-0.2, 0) is 0 Å². The summed E-state index contributed by atoms with van der Waals surface area (Å²) in [5.41, 5.74) is 2.29. The molecule has 0 radical (unpaired) electrons. The molecule has 0 saturated heterocycles. The highest BCUT2D eigenvalue weighted by Gasteiger charge is 2.23. The molecule has 2 heterocycles. The third-order valence-electron chi connectivity index (χ3n) is 4.10. The number of hydrogen-bond donors (Lipinski definition) is 2. The van der Waals surface area contributed by atoms with Crippen molar-refractivity contribution in [3.63, 3.8) is 0 Å². The summed E-state index contributed by atoms with van der Waals surface area (Å²) in [5.74, 6) is 0.119. The van der Waals surface area contributed by atoms with Crippen LogP contribution in [0.3, 0.4) is 0 Å². The number of azo groups is 1. The second-order valence-corrected chi connectivity index (χ2v) is 6.25. The van der Waals surface area contributed by atoms with E-state index in [9.17, 15) is 10.1 Å². The van der Waals surface area contributed by atoms with Crippen LogP contribution < -0.4 is 10.6 Å². The summed E-state index contributed by atoms with van der Waals surface area (Å²) in [6, 6.07) is 19.8. The summed E-state index contributed by atoms with van der Waals surface area (Å²) in [6.45, 7) is 0. The van der Waals surface area contributed by atoms with Gasteiger partial charge in [-0.1, -0.05) is 18.2 Å². The lowest BCUT2D eigenvalue weighted by atomic mass is 10.3. The minimum atomic E-state index is -0.538. The van der Waals surface area contributed by atoms with Crippen LogP contribution in [0.25, 0.3) is 0 Å². The third-order valence-corrected chi connectivity index (χ3v) is 4.10. The molecule has 0 aliphatic carbocycles. The van der Waals surface area contributed by atoms with E-state index in [1.54, 1.807) is 48.8 Å². The molecule has 31 heavy (non-hydrogen) atoms. The van der Waals surface area contributed by atoms with Crippen LogP contribution in [0.15, 0.2) is 95.7 Å². The van der Waals surface area contributed by atoms with Gasteiger partial charge < -0.3 is 10.6 Å². The van der Waals surface area contributed by atoms with Gasteiger partial charge in [0.15, 0.2) is 0 Å². The normalized spacial score (nSPS) is 10.7. The molecule has 2 aromatic carbocycles. The first-order valence-electron chi connectivity index (χ1n) is 9.19. The molecule has 0 saturated carbocycles. The molecule has 2 N–H and O–H groups in total. The Hall–Kier alpha value is -4.73. The van der Waals surface area contributed by atoms with Gasteiger partial charge in [0.25, 0.3) is 0 Å². The number of nitro groups is 1. The maximum atomic E-state index is 11.7. The average molecular weight is 412 g/mol. The zero-order chi connectivity index (χ0) is 21.5. The van der Waals surface area contributed by atoms with Crippen molar-refractivity contribution in [3.8, 4) is 0 Å². The van der Waals surface area contributed by atoms with Crippen molar-refractivity contribution in [1.82, 2.24) is 15.0 Å². The lowest BCUT2D eigenvalue weighted by Crippen LogP contribution is -2.05. The van der Waals surface area contributed by atoms with Crippen molar-refractivity contribution >= 4 is 40.1 Å².